The van der Waals surface area contributed by atoms with Gasteiger partial charge in [-0.25, -0.2) is 0 Å². The Labute approximate surface area is 129 Å². The largest absolute Gasteiger partial charge is 0.464 e. The first-order chi connectivity index (χ1) is 10.6. The van der Waals surface area contributed by atoms with Crippen molar-refractivity contribution in [2.24, 2.45) is 5.92 Å². The summed E-state index contributed by atoms with van der Waals surface area (Å²) in [6, 6.07) is 4.09. The molecule has 4 heteroatoms. The van der Waals surface area contributed by atoms with Crippen LogP contribution in [0.25, 0.3) is 11.0 Å². The Hall–Kier alpha value is -2.07. The molecular formula is C18H21NO3. The van der Waals surface area contributed by atoms with Crippen LogP contribution in [0.2, 0.25) is 0 Å². The van der Waals surface area contributed by atoms with E-state index in [4.69, 9.17) is 9.52 Å². The van der Waals surface area contributed by atoms with Crippen molar-refractivity contribution >= 4 is 16.9 Å². The summed E-state index contributed by atoms with van der Waals surface area (Å²) in [4.78, 5) is 12.2. The van der Waals surface area contributed by atoms with Gasteiger partial charge in [0.1, 0.15) is 5.58 Å². The first-order valence-electron chi connectivity index (χ1n) is 7.63. The standard InChI is InChI=1S/C18H21NO3/c1-11-3-6-16-14(10-22-18(16)12(11)2)8-17(21)19-15-5-4-13(7-15)9-20/h3-6,10,13,15,20H,7-9H2,1-2H3,(H,19,21)/t13-,15+/m0/s1. The summed E-state index contributed by atoms with van der Waals surface area (Å²) in [7, 11) is 0. The molecule has 1 heterocycles. The topological polar surface area (TPSA) is 62.5 Å². The van der Waals surface area contributed by atoms with Gasteiger partial charge in [0.15, 0.2) is 0 Å². The molecule has 0 aliphatic heterocycles. The summed E-state index contributed by atoms with van der Waals surface area (Å²) in [5.74, 6) is 0.139. The summed E-state index contributed by atoms with van der Waals surface area (Å²) in [6.07, 6.45) is 6.68. The molecule has 0 radical (unpaired) electrons. The minimum absolute atomic E-state index is 0.0193. The lowest BCUT2D eigenvalue weighted by molar-refractivity contribution is -0.120. The van der Waals surface area contributed by atoms with Crippen molar-refractivity contribution in [3.8, 4) is 0 Å². The first-order valence-corrected chi connectivity index (χ1v) is 7.63. The van der Waals surface area contributed by atoms with Crippen molar-refractivity contribution in [1.29, 1.82) is 0 Å². The molecule has 1 amide bonds. The van der Waals surface area contributed by atoms with Crippen molar-refractivity contribution in [3.05, 3.63) is 47.2 Å². The number of benzene rings is 1. The summed E-state index contributed by atoms with van der Waals surface area (Å²) in [5, 5.41) is 13.1. The van der Waals surface area contributed by atoms with Crippen LogP contribution in [-0.4, -0.2) is 23.7 Å². The van der Waals surface area contributed by atoms with Gasteiger partial charge in [0.25, 0.3) is 0 Å². The Balaban J connectivity index is 1.70. The first kappa shape index (κ1) is 14.9. The zero-order chi connectivity index (χ0) is 15.7. The second-order valence-electron chi connectivity index (χ2n) is 6.06. The Morgan fingerprint density at radius 2 is 2.18 bits per heavy atom. The predicted octanol–water partition coefficient (Wildman–Crippen LogP) is 2.65. The smallest absolute Gasteiger partial charge is 0.225 e. The third-order valence-corrected chi connectivity index (χ3v) is 4.45. The number of carbonyl (C=O) groups excluding carboxylic acids is 1. The summed E-state index contributed by atoms with van der Waals surface area (Å²) in [5.41, 5.74) is 4.08. The number of hydrogen-bond donors (Lipinski definition) is 2. The van der Waals surface area contributed by atoms with Gasteiger partial charge in [0.05, 0.1) is 12.7 Å². The lowest BCUT2D eigenvalue weighted by atomic mass is 10.0. The molecule has 4 nitrogen and oxygen atoms in total. The van der Waals surface area contributed by atoms with Crippen LogP contribution in [0.4, 0.5) is 0 Å². The molecule has 0 saturated carbocycles. The van der Waals surface area contributed by atoms with E-state index in [0.29, 0.717) is 6.42 Å². The van der Waals surface area contributed by atoms with Crippen LogP contribution in [0.1, 0.15) is 23.1 Å². The average molecular weight is 299 g/mol. The van der Waals surface area contributed by atoms with E-state index in [2.05, 4.69) is 11.4 Å². The highest BCUT2D eigenvalue weighted by molar-refractivity contribution is 5.89. The number of aliphatic hydroxyl groups excluding tert-OH is 1. The van der Waals surface area contributed by atoms with E-state index in [1.165, 1.54) is 5.56 Å². The number of carbonyl (C=O) groups is 1. The maximum Gasteiger partial charge on any atom is 0.225 e. The van der Waals surface area contributed by atoms with Crippen molar-refractivity contribution < 1.29 is 14.3 Å². The lowest BCUT2D eigenvalue weighted by Crippen LogP contribution is -2.34. The Bertz CT molecular complexity index is 729. The molecule has 1 aliphatic rings. The number of nitrogens with one attached hydrogen (secondary N) is 1. The molecule has 0 fully saturated rings. The minimum Gasteiger partial charge on any atom is -0.464 e. The van der Waals surface area contributed by atoms with E-state index >= 15 is 0 Å². The van der Waals surface area contributed by atoms with Crippen LogP contribution in [0.3, 0.4) is 0 Å². The van der Waals surface area contributed by atoms with E-state index in [1.54, 1.807) is 6.26 Å². The molecule has 116 valence electrons. The molecule has 0 spiro atoms. The third kappa shape index (κ3) is 2.79. The zero-order valence-corrected chi connectivity index (χ0v) is 12.9. The predicted molar refractivity (Wildman–Crippen MR) is 85.7 cm³/mol. The molecule has 1 aromatic carbocycles. The zero-order valence-electron chi connectivity index (χ0n) is 12.9. The molecule has 2 atom stereocenters. The average Bonchev–Trinajstić information content (AvgIpc) is 3.10. The number of fused-ring (bicyclic) bond motifs is 1. The van der Waals surface area contributed by atoms with Crippen LogP contribution < -0.4 is 5.32 Å². The van der Waals surface area contributed by atoms with E-state index in [1.807, 2.05) is 32.1 Å². The van der Waals surface area contributed by atoms with Crippen molar-refractivity contribution in [3.63, 3.8) is 0 Å². The van der Waals surface area contributed by atoms with Crippen molar-refractivity contribution in [2.45, 2.75) is 32.7 Å². The maximum atomic E-state index is 12.2. The van der Waals surface area contributed by atoms with E-state index in [9.17, 15) is 4.79 Å². The van der Waals surface area contributed by atoms with Gasteiger partial charge in [0, 0.05) is 29.5 Å². The summed E-state index contributed by atoms with van der Waals surface area (Å²) < 4.78 is 5.64. The van der Waals surface area contributed by atoms with Gasteiger partial charge in [-0.15, -0.1) is 0 Å². The fourth-order valence-corrected chi connectivity index (χ4v) is 2.97. The van der Waals surface area contributed by atoms with Gasteiger partial charge in [-0.05, 0) is 31.4 Å². The highest BCUT2D eigenvalue weighted by Crippen LogP contribution is 2.27. The summed E-state index contributed by atoms with van der Waals surface area (Å²) >= 11 is 0. The van der Waals surface area contributed by atoms with E-state index in [-0.39, 0.29) is 24.5 Å². The van der Waals surface area contributed by atoms with Gasteiger partial charge < -0.3 is 14.8 Å². The lowest BCUT2D eigenvalue weighted by Gasteiger charge is -2.12. The molecule has 1 aromatic heterocycles. The SMILES string of the molecule is Cc1ccc2c(CC(=O)N[C@@H]3C=C[C@H](CO)C3)coc2c1C. The molecule has 0 saturated heterocycles. The molecule has 3 rings (SSSR count). The number of hydrogen-bond acceptors (Lipinski definition) is 3. The fourth-order valence-electron chi connectivity index (χ4n) is 2.97. The van der Waals surface area contributed by atoms with Gasteiger partial charge >= 0.3 is 0 Å². The van der Waals surface area contributed by atoms with Crippen molar-refractivity contribution in [2.75, 3.05) is 6.61 Å². The second kappa shape index (κ2) is 5.97. The normalized spacial score (nSPS) is 20.7. The van der Waals surface area contributed by atoms with Gasteiger partial charge in [-0.1, -0.05) is 24.3 Å². The summed E-state index contributed by atoms with van der Waals surface area (Å²) in [6.45, 7) is 4.21. The Morgan fingerprint density at radius 3 is 2.91 bits per heavy atom. The van der Waals surface area contributed by atoms with Crippen LogP contribution in [0, 0.1) is 19.8 Å². The quantitative estimate of drug-likeness (QED) is 0.853. The number of aryl methyl sites for hydroxylation is 2. The second-order valence-corrected chi connectivity index (χ2v) is 6.06. The Kier molecular flexibility index (Phi) is 4.03. The van der Waals surface area contributed by atoms with Gasteiger partial charge in [-0.3, -0.25) is 4.79 Å². The van der Waals surface area contributed by atoms with Crippen molar-refractivity contribution in [1.82, 2.24) is 5.32 Å². The number of rotatable bonds is 4. The minimum atomic E-state index is -0.0193. The number of furan rings is 1. The highest BCUT2D eigenvalue weighted by Gasteiger charge is 2.20. The van der Waals surface area contributed by atoms with Crippen LogP contribution in [0.15, 0.2) is 35.0 Å². The molecule has 22 heavy (non-hydrogen) atoms. The fraction of sp³-hybridized carbons (Fsp3) is 0.389. The molecule has 0 bridgehead atoms. The molecule has 2 aromatic rings. The monoisotopic (exact) mass is 299 g/mol. The highest BCUT2D eigenvalue weighted by atomic mass is 16.3. The Morgan fingerprint density at radius 1 is 1.36 bits per heavy atom. The molecule has 1 aliphatic carbocycles. The van der Waals surface area contributed by atoms with E-state index < -0.39 is 0 Å². The third-order valence-electron chi connectivity index (χ3n) is 4.45. The van der Waals surface area contributed by atoms with Gasteiger partial charge in [-0.2, -0.15) is 0 Å². The molecular weight excluding hydrogens is 278 g/mol. The van der Waals surface area contributed by atoms with Crippen LogP contribution in [-0.2, 0) is 11.2 Å². The van der Waals surface area contributed by atoms with Gasteiger partial charge in [0.2, 0.25) is 5.91 Å². The molecule has 2 N–H and O–H groups in total. The number of amides is 1. The molecule has 0 unspecified atom stereocenters. The van der Waals surface area contributed by atoms with E-state index in [0.717, 1.165) is 28.5 Å². The maximum absolute atomic E-state index is 12.2. The van der Waals surface area contributed by atoms with Crippen LogP contribution in [0.5, 0.6) is 0 Å². The number of aliphatic hydroxyl groups is 1. The van der Waals surface area contributed by atoms with Crippen LogP contribution >= 0.6 is 0 Å².